The lowest BCUT2D eigenvalue weighted by molar-refractivity contribution is -0.128. The molecule has 2 aromatic carbocycles. The van der Waals surface area contributed by atoms with Crippen molar-refractivity contribution >= 4 is 29.3 Å². The van der Waals surface area contributed by atoms with E-state index >= 15 is 0 Å². The lowest BCUT2D eigenvalue weighted by Crippen LogP contribution is -2.32. The van der Waals surface area contributed by atoms with Crippen LogP contribution in [0.25, 0.3) is 0 Å². The molecule has 6 nitrogen and oxygen atoms in total. The van der Waals surface area contributed by atoms with Gasteiger partial charge >= 0.3 is 0 Å². The molecule has 0 bridgehead atoms. The van der Waals surface area contributed by atoms with E-state index in [1.165, 1.54) is 36.0 Å². The maximum Gasteiger partial charge on any atom is 0.234 e. The van der Waals surface area contributed by atoms with Gasteiger partial charge in [-0.1, -0.05) is 6.07 Å². The second-order valence-corrected chi connectivity index (χ2v) is 7.13. The van der Waals surface area contributed by atoms with Gasteiger partial charge in [0.1, 0.15) is 5.82 Å². The Hall–Kier alpha value is -2.74. The van der Waals surface area contributed by atoms with Crippen LogP contribution in [-0.2, 0) is 16.1 Å². The largest absolute Gasteiger partial charge is 0.454 e. The molecule has 0 atom stereocenters. The first kappa shape index (κ1) is 20.0. The van der Waals surface area contributed by atoms with E-state index in [1.54, 1.807) is 4.90 Å². The monoisotopic (exact) mass is 404 g/mol. The second-order valence-electron chi connectivity index (χ2n) is 6.14. The van der Waals surface area contributed by atoms with E-state index in [0.717, 1.165) is 5.56 Å². The quantitative estimate of drug-likeness (QED) is 0.731. The second kappa shape index (κ2) is 9.45. The third kappa shape index (κ3) is 5.39. The minimum absolute atomic E-state index is 0.0419. The highest BCUT2D eigenvalue weighted by Gasteiger charge is 2.17. The molecule has 0 fully saturated rings. The van der Waals surface area contributed by atoms with Gasteiger partial charge in [0.25, 0.3) is 0 Å². The zero-order chi connectivity index (χ0) is 19.9. The number of thioether (sulfide) groups is 1. The normalized spacial score (nSPS) is 11.9. The van der Waals surface area contributed by atoms with E-state index in [1.807, 2.05) is 25.1 Å². The number of hydrogen-bond acceptors (Lipinski definition) is 5. The Kier molecular flexibility index (Phi) is 6.76. The number of amides is 2. The Bertz CT molecular complexity index is 845. The molecular formula is C20H21FN2O4S. The number of benzene rings is 2. The Morgan fingerprint density at radius 2 is 1.86 bits per heavy atom. The molecule has 1 heterocycles. The molecule has 2 aromatic rings. The number of fused-ring (bicyclic) bond motifs is 1. The van der Waals surface area contributed by atoms with Crippen LogP contribution in [-0.4, -0.2) is 41.6 Å². The van der Waals surface area contributed by atoms with E-state index in [-0.39, 0.29) is 35.9 Å². The van der Waals surface area contributed by atoms with Crippen molar-refractivity contribution in [3.05, 3.63) is 53.8 Å². The summed E-state index contributed by atoms with van der Waals surface area (Å²) >= 11 is 1.24. The molecule has 148 valence electrons. The first-order valence-corrected chi connectivity index (χ1v) is 10.00. The van der Waals surface area contributed by atoms with Crippen molar-refractivity contribution < 1.29 is 23.5 Å². The van der Waals surface area contributed by atoms with Gasteiger partial charge in [0, 0.05) is 18.8 Å². The lowest BCUT2D eigenvalue weighted by atomic mass is 10.2. The fourth-order valence-corrected chi connectivity index (χ4v) is 3.41. The van der Waals surface area contributed by atoms with Gasteiger partial charge in [-0.2, -0.15) is 0 Å². The van der Waals surface area contributed by atoms with Crippen LogP contribution in [0.3, 0.4) is 0 Å². The van der Waals surface area contributed by atoms with E-state index in [4.69, 9.17) is 9.47 Å². The predicted octanol–water partition coefficient (Wildman–Crippen LogP) is 3.27. The molecular weight excluding hydrogens is 383 g/mol. The summed E-state index contributed by atoms with van der Waals surface area (Å²) in [6, 6.07) is 11.2. The van der Waals surface area contributed by atoms with Crippen LogP contribution in [0.4, 0.5) is 10.1 Å². The SMILES string of the molecule is CCN(Cc1ccc2c(c1)OCO2)C(=O)CSCC(=O)Nc1ccc(F)cc1. The topological polar surface area (TPSA) is 67.9 Å². The summed E-state index contributed by atoms with van der Waals surface area (Å²) in [5, 5.41) is 2.67. The van der Waals surface area contributed by atoms with Gasteiger partial charge in [0.15, 0.2) is 11.5 Å². The van der Waals surface area contributed by atoms with Crippen LogP contribution in [0.5, 0.6) is 11.5 Å². The van der Waals surface area contributed by atoms with Crippen LogP contribution < -0.4 is 14.8 Å². The number of carbonyl (C=O) groups is 2. The minimum atomic E-state index is -0.361. The molecule has 2 amide bonds. The van der Waals surface area contributed by atoms with E-state index in [0.29, 0.717) is 30.3 Å². The molecule has 1 aliphatic rings. The first-order valence-electron chi connectivity index (χ1n) is 8.84. The number of hydrogen-bond donors (Lipinski definition) is 1. The van der Waals surface area contributed by atoms with Crippen LogP contribution in [0.15, 0.2) is 42.5 Å². The van der Waals surface area contributed by atoms with Gasteiger partial charge in [0.2, 0.25) is 18.6 Å². The van der Waals surface area contributed by atoms with E-state index in [9.17, 15) is 14.0 Å². The van der Waals surface area contributed by atoms with Gasteiger partial charge in [-0.15, -0.1) is 11.8 Å². The first-order chi connectivity index (χ1) is 13.5. The molecule has 0 radical (unpaired) electrons. The number of nitrogens with zero attached hydrogens (tertiary/aromatic N) is 1. The van der Waals surface area contributed by atoms with Crippen molar-refractivity contribution in [2.75, 3.05) is 30.2 Å². The molecule has 0 saturated carbocycles. The lowest BCUT2D eigenvalue weighted by Gasteiger charge is -2.21. The summed E-state index contributed by atoms with van der Waals surface area (Å²) in [6.45, 7) is 3.16. The van der Waals surface area contributed by atoms with Gasteiger partial charge in [0.05, 0.1) is 11.5 Å². The summed E-state index contributed by atoms with van der Waals surface area (Å²) in [7, 11) is 0. The maximum atomic E-state index is 12.9. The third-order valence-electron chi connectivity index (χ3n) is 4.13. The number of carbonyl (C=O) groups excluding carboxylic acids is 2. The van der Waals surface area contributed by atoms with Gasteiger partial charge in [-0.05, 0) is 48.9 Å². The van der Waals surface area contributed by atoms with Crippen LogP contribution in [0.1, 0.15) is 12.5 Å². The Morgan fingerprint density at radius 3 is 2.61 bits per heavy atom. The number of anilines is 1. The Balaban J connectivity index is 1.44. The van der Waals surface area contributed by atoms with Gasteiger partial charge in [-0.3, -0.25) is 9.59 Å². The standard InChI is InChI=1S/C20H21FN2O4S/c1-2-23(10-14-3-8-17-18(9-14)27-13-26-17)20(25)12-28-11-19(24)22-16-6-4-15(21)5-7-16/h3-9H,2,10-13H2,1H3,(H,22,24). The maximum absolute atomic E-state index is 12.9. The molecule has 1 aliphatic heterocycles. The summed E-state index contributed by atoms with van der Waals surface area (Å²) in [5.41, 5.74) is 1.48. The zero-order valence-electron chi connectivity index (χ0n) is 15.4. The molecule has 8 heteroatoms. The summed E-state index contributed by atoms with van der Waals surface area (Å²) < 4.78 is 23.5. The highest BCUT2D eigenvalue weighted by Crippen LogP contribution is 2.32. The number of ether oxygens (including phenoxy) is 2. The molecule has 0 aliphatic carbocycles. The van der Waals surface area contributed by atoms with Crippen molar-refractivity contribution in [3.63, 3.8) is 0 Å². The van der Waals surface area contributed by atoms with Crippen LogP contribution >= 0.6 is 11.8 Å². The summed E-state index contributed by atoms with van der Waals surface area (Å²) in [4.78, 5) is 26.1. The fraction of sp³-hybridized carbons (Fsp3) is 0.300. The van der Waals surface area contributed by atoms with E-state index < -0.39 is 0 Å². The zero-order valence-corrected chi connectivity index (χ0v) is 16.3. The molecule has 3 rings (SSSR count). The van der Waals surface area contributed by atoms with E-state index in [2.05, 4.69) is 5.32 Å². The number of halogens is 1. The number of rotatable bonds is 8. The van der Waals surface area contributed by atoms with Crippen molar-refractivity contribution in [1.82, 2.24) is 4.90 Å². The van der Waals surface area contributed by atoms with Crippen molar-refractivity contribution in [2.24, 2.45) is 0 Å². The highest BCUT2D eigenvalue weighted by atomic mass is 32.2. The average molecular weight is 404 g/mol. The summed E-state index contributed by atoms with van der Waals surface area (Å²) in [5.74, 6) is 1.11. The molecule has 0 unspecified atom stereocenters. The number of nitrogens with one attached hydrogen (secondary N) is 1. The smallest absolute Gasteiger partial charge is 0.234 e. The molecule has 1 N–H and O–H groups in total. The average Bonchev–Trinajstić information content (AvgIpc) is 3.15. The predicted molar refractivity (Wildman–Crippen MR) is 106 cm³/mol. The fourth-order valence-electron chi connectivity index (χ4n) is 2.69. The third-order valence-corrected chi connectivity index (χ3v) is 5.05. The van der Waals surface area contributed by atoms with Crippen molar-refractivity contribution in [3.8, 4) is 11.5 Å². The molecule has 0 aromatic heterocycles. The van der Waals surface area contributed by atoms with Crippen LogP contribution in [0, 0.1) is 5.82 Å². The molecule has 0 spiro atoms. The van der Waals surface area contributed by atoms with Gasteiger partial charge < -0.3 is 19.7 Å². The summed E-state index contributed by atoms with van der Waals surface area (Å²) in [6.07, 6.45) is 0. The minimum Gasteiger partial charge on any atom is -0.454 e. The molecule has 0 saturated heterocycles. The molecule has 28 heavy (non-hydrogen) atoms. The van der Waals surface area contributed by atoms with Crippen LogP contribution in [0.2, 0.25) is 0 Å². The Morgan fingerprint density at radius 1 is 1.11 bits per heavy atom. The van der Waals surface area contributed by atoms with Gasteiger partial charge in [-0.25, -0.2) is 4.39 Å². The Labute approximate surface area is 167 Å². The van der Waals surface area contributed by atoms with Crippen molar-refractivity contribution in [1.29, 1.82) is 0 Å². The van der Waals surface area contributed by atoms with Crippen molar-refractivity contribution in [2.45, 2.75) is 13.5 Å². The highest BCUT2D eigenvalue weighted by molar-refractivity contribution is 8.00.